The Kier molecular flexibility index (Phi) is 11.2. The SMILES string of the molecule is O=P(O)(O)OC(CC(F)(F)C(F)(F)C(F)(F)C(F)(F)C(F)(F)C(F)F)CC(F)(F)C(F)(F)C(F)(F)C(F)(F)C(F)(F)C(F)F. The molecule has 0 aliphatic rings. The van der Waals surface area contributed by atoms with Crippen LogP contribution < -0.4 is 0 Å². The Morgan fingerprint density at radius 3 is 0.864 bits per heavy atom. The smallest absolute Gasteiger partial charge is 0.303 e. The highest BCUT2D eigenvalue weighted by molar-refractivity contribution is 7.46. The van der Waals surface area contributed by atoms with Crippen molar-refractivity contribution in [3.63, 3.8) is 0 Å². The summed E-state index contributed by atoms with van der Waals surface area (Å²) in [4.78, 5) is 16.8. The van der Waals surface area contributed by atoms with E-state index in [0.29, 0.717) is 0 Å². The van der Waals surface area contributed by atoms with Gasteiger partial charge in [-0.05, 0) is 0 Å². The van der Waals surface area contributed by atoms with Gasteiger partial charge in [0.15, 0.2) is 0 Å². The van der Waals surface area contributed by atoms with Crippen molar-refractivity contribution in [2.24, 2.45) is 0 Å². The van der Waals surface area contributed by atoms with E-state index in [1.54, 1.807) is 0 Å². The Hall–Kier alpha value is -1.57. The van der Waals surface area contributed by atoms with E-state index in [0.717, 1.165) is 0 Å². The molecule has 0 aromatic carbocycles. The maximum Gasteiger partial charge on any atom is 0.469 e. The normalized spacial score (nSPS) is 16.5. The lowest BCUT2D eigenvalue weighted by molar-refractivity contribution is -0.418. The van der Waals surface area contributed by atoms with Crippen LogP contribution in [0, 0.1) is 0 Å². The monoisotopic (exact) mass is 740 g/mol. The third-order valence-electron chi connectivity index (χ3n) is 5.14. The molecule has 0 aromatic heterocycles. The van der Waals surface area contributed by atoms with Crippen LogP contribution >= 0.6 is 7.82 Å². The molecule has 0 aliphatic carbocycles. The predicted octanol–water partition coefficient (Wildman–Crippen LogP) is 8.13. The van der Waals surface area contributed by atoms with E-state index in [-0.39, 0.29) is 0 Å². The third-order valence-corrected chi connectivity index (χ3v) is 5.71. The van der Waals surface area contributed by atoms with E-state index in [2.05, 4.69) is 4.52 Å². The number of rotatable bonds is 16. The summed E-state index contributed by atoms with van der Waals surface area (Å²) in [5, 5.41) is 0. The molecule has 0 saturated heterocycles. The highest BCUT2D eigenvalue weighted by atomic mass is 31.2. The van der Waals surface area contributed by atoms with Crippen LogP contribution in [0.3, 0.4) is 0 Å². The quantitative estimate of drug-likeness (QED) is 0.124. The summed E-state index contributed by atoms with van der Waals surface area (Å²) < 4.78 is 331. The van der Waals surface area contributed by atoms with Crippen LogP contribution in [0.25, 0.3) is 0 Å². The van der Waals surface area contributed by atoms with Crippen LogP contribution in [0.5, 0.6) is 0 Å². The van der Waals surface area contributed by atoms with Gasteiger partial charge in [0.25, 0.3) is 0 Å². The molecule has 0 heterocycles. The number of hydrogen-bond acceptors (Lipinski definition) is 2. The van der Waals surface area contributed by atoms with Crippen molar-refractivity contribution in [2.45, 2.75) is 91.0 Å². The lowest BCUT2D eigenvalue weighted by Gasteiger charge is -2.41. The van der Waals surface area contributed by atoms with Crippen molar-refractivity contribution in [3.8, 4) is 0 Å². The Labute approximate surface area is 224 Å². The minimum Gasteiger partial charge on any atom is -0.303 e. The lowest BCUT2D eigenvalue weighted by Crippen LogP contribution is -2.69. The largest absolute Gasteiger partial charge is 0.469 e. The molecule has 0 unspecified atom stereocenters. The van der Waals surface area contributed by atoms with Crippen LogP contribution in [-0.2, 0) is 9.09 Å². The first-order chi connectivity index (χ1) is 18.7. The predicted molar refractivity (Wildman–Crippen MR) is 87.6 cm³/mol. The Bertz CT molecular complexity index is 980. The fraction of sp³-hybridized carbons (Fsp3) is 1.00. The van der Waals surface area contributed by atoms with Gasteiger partial charge in [-0.3, -0.25) is 4.52 Å². The van der Waals surface area contributed by atoms with Gasteiger partial charge in [0.05, 0.1) is 6.10 Å². The second-order valence-electron chi connectivity index (χ2n) is 8.33. The Morgan fingerprint density at radius 1 is 0.455 bits per heavy atom. The molecule has 0 fully saturated rings. The second-order valence-corrected chi connectivity index (χ2v) is 9.52. The summed E-state index contributed by atoms with van der Waals surface area (Å²) >= 11 is 0. The van der Waals surface area contributed by atoms with Crippen LogP contribution in [0.1, 0.15) is 12.8 Å². The van der Waals surface area contributed by atoms with Gasteiger partial charge in [-0.1, -0.05) is 0 Å². The van der Waals surface area contributed by atoms with Gasteiger partial charge in [0.1, 0.15) is 0 Å². The zero-order valence-electron chi connectivity index (χ0n) is 19.4. The number of halogens is 24. The van der Waals surface area contributed by atoms with E-state index in [4.69, 9.17) is 9.79 Å². The average Bonchev–Trinajstić information content (AvgIpc) is 2.75. The summed E-state index contributed by atoms with van der Waals surface area (Å²) in [6.45, 7) is 0. The molecule has 2 N–H and O–H groups in total. The maximum absolute atomic E-state index is 14.0. The molecule has 0 saturated carbocycles. The van der Waals surface area contributed by atoms with E-state index in [9.17, 15) is 110 Å². The average molecular weight is 740 g/mol. The van der Waals surface area contributed by atoms with E-state index in [1.807, 2.05) is 0 Å². The summed E-state index contributed by atoms with van der Waals surface area (Å²) in [6, 6.07) is 0. The first kappa shape index (κ1) is 42.4. The maximum atomic E-state index is 14.0. The molecule has 266 valence electrons. The third kappa shape index (κ3) is 6.62. The minimum absolute atomic E-state index is 2.75. The zero-order chi connectivity index (χ0) is 36.4. The number of hydrogen-bond donors (Lipinski definition) is 2. The molecular formula is C15H9F24O4P. The zero-order valence-corrected chi connectivity index (χ0v) is 20.3. The van der Waals surface area contributed by atoms with Gasteiger partial charge in [-0.15, -0.1) is 0 Å². The van der Waals surface area contributed by atoms with Crippen molar-refractivity contribution in [1.29, 1.82) is 0 Å². The molecule has 0 aliphatic heterocycles. The van der Waals surface area contributed by atoms with E-state index in [1.165, 1.54) is 0 Å². The summed E-state index contributed by atoms with van der Waals surface area (Å²) in [7, 11) is -6.99. The fourth-order valence-corrected chi connectivity index (χ4v) is 3.25. The van der Waals surface area contributed by atoms with Crippen molar-refractivity contribution in [2.75, 3.05) is 0 Å². The van der Waals surface area contributed by atoms with Gasteiger partial charge in [0.2, 0.25) is 0 Å². The van der Waals surface area contributed by atoms with Crippen LogP contribution in [0.15, 0.2) is 0 Å². The lowest BCUT2D eigenvalue weighted by atomic mass is 9.88. The molecular weight excluding hydrogens is 731 g/mol. The van der Waals surface area contributed by atoms with Crippen LogP contribution in [-0.4, -0.2) is 88.0 Å². The Balaban J connectivity index is 6.96. The number of alkyl halides is 24. The van der Waals surface area contributed by atoms with Gasteiger partial charge >= 0.3 is 79.9 Å². The van der Waals surface area contributed by atoms with Crippen molar-refractivity contribution in [3.05, 3.63) is 0 Å². The topological polar surface area (TPSA) is 66.8 Å². The van der Waals surface area contributed by atoms with Crippen molar-refractivity contribution >= 4 is 7.82 Å². The number of phosphoric acid groups is 1. The first-order valence-electron chi connectivity index (χ1n) is 9.75. The summed E-state index contributed by atoms with van der Waals surface area (Å²) in [5.74, 6) is -80.5. The fourth-order valence-electron chi connectivity index (χ4n) is 2.72. The molecule has 0 spiro atoms. The second kappa shape index (κ2) is 11.6. The molecule has 44 heavy (non-hydrogen) atoms. The number of phosphoric ester groups is 1. The summed E-state index contributed by atoms with van der Waals surface area (Å²) in [6.07, 6.45) is -25.6. The standard InChI is InChI=1S/C15H9F24O4P/c16-4(17)8(24,25)12(32,33)14(36,37)10(28,29)6(20,21)1-3(43-44(40,41)42)2-7(22,23)11(30,31)15(38,39)13(34,35)9(26,27)5(18)19/h3-5H,1-2H2,(H2,40,41,42). The van der Waals surface area contributed by atoms with Gasteiger partial charge < -0.3 is 9.79 Å². The van der Waals surface area contributed by atoms with Gasteiger partial charge in [-0.2, -0.15) is 87.8 Å². The highest BCUT2D eigenvalue weighted by Crippen LogP contribution is 2.62. The van der Waals surface area contributed by atoms with Gasteiger partial charge in [-0.25, -0.2) is 22.1 Å². The molecule has 0 atom stereocenters. The van der Waals surface area contributed by atoms with Crippen LogP contribution in [0.4, 0.5) is 105 Å². The van der Waals surface area contributed by atoms with Crippen LogP contribution in [0.2, 0.25) is 0 Å². The van der Waals surface area contributed by atoms with Crippen molar-refractivity contribution in [1.82, 2.24) is 0 Å². The minimum atomic E-state index is -8.47. The molecule has 0 rings (SSSR count). The van der Waals surface area contributed by atoms with Gasteiger partial charge in [0, 0.05) is 12.8 Å². The molecule has 0 radical (unpaired) electrons. The molecule has 0 aromatic rings. The van der Waals surface area contributed by atoms with E-state index >= 15 is 0 Å². The van der Waals surface area contributed by atoms with Crippen molar-refractivity contribution < 1.29 is 124 Å². The van der Waals surface area contributed by atoms with E-state index < -0.39 is 98.8 Å². The molecule has 0 bridgehead atoms. The first-order valence-corrected chi connectivity index (χ1v) is 11.3. The highest BCUT2D eigenvalue weighted by Gasteiger charge is 2.89. The molecule has 29 heteroatoms. The molecule has 0 amide bonds. The molecule has 4 nitrogen and oxygen atoms in total. The Morgan fingerprint density at radius 2 is 0.682 bits per heavy atom. The summed E-state index contributed by atoms with van der Waals surface area (Å²) in [5.41, 5.74) is 0.